The van der Waals surface area contributed by atoms with Crippen LogP contribution in [0.3, 0.4) is 0 Å². The van der Waals surface area contributed by atoms with Crippen molar-refractivity contribution in [3.63, 3.8) is 0 Å². The molecule has 3 N–H and O–H groups in total. The third-order valence-corrected chi connectivity index (χ3v) is 2.39. The summed E-state index contributed by atoms with van der Waals surface area (Å²) < 4.78 is 37.5. The first kappa shape index (κ1) is 13.6. The van der Waals surface area contributed by atoms with Crippen LogP contribution in [0.5, 0.6) is 0 Å². The Bertz CT molecular complexity index is 407. The molecule has 1 aromatic rings. The van der Waals surface area contributed by atoms with Crippen molar-refractivity contribution in [1.82, 2.24) is 5.43 Å². The number of benzene rings is 1. The third-order valence-electron chi connectivity index (χ3n) is 2.39. The molecule has 0 fully saturated rings. The first-order valence-corrected chi connectivity index (χ1v) is 5.05. The second kappa shape index (κ2) is 5.71. The molecule has 1 aromatic carbocycles. The van der Waals surface area contributed by atoms with Crippen molar-refractivity contribution in [2.24, 2.45) is 5.84 Å². The Labute approximate surface area is 98.0 Å². The maximum absolute atomic E-state index is 12.5. The molecule has 17 heavy (non-hydrogen) atoms. The molecular formula is C12H13F3N2. The molecule has 0 aromatic heterocycles. The number of alkyl halides is 3. The lowest BCUT2D eigenvalue weighted by molar-refractivity contribution is -0.137. The highest BCUT2D eigenvalue weighted by Crippen LogP contribution is 2.31. The van der Waals surface area contributed by atoms with Gasteiger partial charge in [-0.3, -0.25) is 11.3 Å². The van der Waals surface area contributed by atoms with Crippen molar-refractivity contribution in [3.05, 3.63) is 35.4 Å². The van der Waals surface area contributed by atoms with Gasteiger partial charge in [-0.05, 0) is 24.1 Å². The molecule has 1 rings (SSSR count). The van der Waals surface area contributed by atoms with Gasteiger partial charge in [0.1, 0.15) is 0 Å². The number of hydrogen-bond donors (Lipinski definition) is 2. The van der Waals surface area contributed by atoms with Crippen molar-refractivity contribution < 1.29 is 13.2 Å². The standard InChI is InChI=1S/C12H13F3N2/c1-2-3-7-11(17-16)9-5-4-6-10(8-9)12(13,14)15/h1,4-6,8,11,17H,3,7,16H2. The molecule has 0 aliphatic carbocycles. The van der Waals surface area contributed by atoms with Crippen LogP contribution in [0.15, 0.2) is 24.3 Å². The highest BCUT2D eigenvalue weighted by Gasteiger charge is 2.30. The van der Waals surface area contributed by atoms with Gasteiger partial charge in [0, 0.05) is 12.5 Å². The Morgan fingerprint density at radius 1 is 1.41 bits per heavy atom. The largest absolute Gasteiger partial charge is 0.416 e. The van der Waals surface area contributed by atoms with Crippen molar-refractivity contribution >= 4 is 0 Å². The first-order chi connectivity index (χ1) is 7.99. The summed E-state index contributed by atoms with van der Waals surface area (Å²) >= 11 is 0. The van der Waals surface area contributed by atoms with Gasteiger partial charge in [-0.15, -0.1) is 12.3 Å². The van der Waals surface area contributed by atoms with Crippen LogP contribution in [-0.2, 0) is 6.18 Å². The Morgan fingerprint density at radius 2 is 2.12 bits per heavy atom. The molecule has 0 saturated heterocycles. The highest BCUT2D eigenvalue weighted by atomic mass is 19.4. The molecule has 0 aliphatic rings. The lowest BCUT2D eigenvalue weighted by Gasteiger charge is -2.16. The Balaban J connectivity index is 2.93. The fourth-order valence-corrected chi connectivity index (χ4v) is 1.51. The van der Waals surface area contributed by atoms with Crippen molar-refractivity contribution in [3.8, 4) is 12.3 Å². The Kier molecular flexibility index (Phi) is 4.55. The molecule has 2 nitrogen and oxygen atoms in total. The third kappa shape index (κ3) is 3.77. The smallest absolute Gasteiger partial charge is 0.271 e. The number of nitrogens with one attached hydrogen (secondary N) is 1. The maximum atomic E-state index is 12.5. The second-order valence-corrected chi connectivity index (χ2v) is 3.59. The van der Waals surface area contributed by atoms with E-state index < -0.39 is 11.7 Å². The Hall–Kier alpha value is -1.51. The van der Waals surface area contributed by atoms with Crippen LogP contribution in [-0.4, -0.2) is 0 Å². The Morgan fingerprint density at radius 3 is 2.65 bits per heavy atom. The van der Waals surface area contributed by atoms with Gasteiger partial charge in [-0.1, -0.05) is 12.1 Å². The van der Waals surface area contributed by atoms with E-state index in [1.807, 2.05) is 0 Å². The predicted octanol–water partition coefficient (Wildman–Crippen LogP) is 2.62. The molecule has 0 bridgehead atoms. The van der Waals surface area contributed by atoms with Crippen LogP contribution in [0.4, 0.5) is 13.2 Å². The minimum atomic E-state index is -4.35. The molecule has 1 unspecified atom stereocenters. The minimum Gasteiger partial charge on any atom is -0.271 e. The van der Waals surface area contributed by atoms with Gasteiger partial charge in [0.2, 0.25) is 0 Å². The molecule has 0 radical (unpaired) electrons. The SMILES string of the molecule is C#CCCC(NN)c1cccc(C(F)(F)F)c1. The summed E-state index contributed by atoms with van der Waals surface area (Å²) in [5, 5.41) is 0. The van der Waals surface area contributed by atoms with Gasteiger partial charge in [0.15, 0.2) is 0 Å². The molecular weight excluding hydrogens is 229 g/mol. The number of halogens is 3. The number of nitrogens with two attached hydrogens (primary N) is 1. The number of rotatable bonds is 4. The van der Waals surface area contributed by atoms with Crippen LogP contribution < -0.4 is 11.3 Å². The summed E-state index contributed by atoms with van der Waals surface area (Å²) in [7, 11) is 0. The summed E-state index contributed by atoms with van der Waals surface area (Å²) in [6.07, 6.45) is 1.71. The quantitative estimate of drug-likeness (QED) is 0.484. The van der Waals surface area contributed by atoms with Crippen molar-refractivity contribution in [1.29, 1.82) is 0 Å². The summed E-state index contributed by atoms with van der Waals surface area (Å²) in [4.78, 5) is 0. The van der Waals surface area contributed by atoms with Crippen LogP contribution >= 0.6 is 0 Å². The summed E-state index contributed by atoms with van der Waals surface area (Å²) in [6.45, 7) is 0. The zero-order valence-electron chi connectivity index (χ0n) is 9.09. The molecule has 92 valence electrons. The normalized spacial score (nSPS) is 13.1. The van der Waals surface area contributed by atoms with Crippen LogP contribution in [0.2, 0.25) is 0 Å². The summed E-state index contributed by atoms with van der Waals surface area (Å²) in [5.74, 6) is 7.73. The van der Waals surface area contributed by atoms with Crippen molar-refractivity contribution in [2.75, 3.05) is 0 Å². The van der Waals surface area contributed by atoms with E-state index in [4.69, 9.17) is 12.3 Å². The van der Waals surface area contributed by atoms with Crippen molar-refractivity contribution in [2.45, 2.75) is 25.1 Å². The number of hydrazine groups is 1. The number of hydrogen-bond acceptors (Lipinski definition) is 2. The van der Waals surface area contributed by atoms with E-state index in [2.05, 4.69) is 11.3 Å². The number of terminal acetylenes is 1. The van der Waals surface area contributed by atoms with Crippen LogP contribution in [0.1, 0.15) is 30.0 Å². The molecule has 5 heteroatoms. The predicted molar refractivity (Wildman–Crippen MR) is 59.6 cm³/mol. The van der Waals surface area contributed by atoms with Gasteiger partial charge in [-0.2, -0.15) is 13.2 Å². The molecule has 0 aliphatic heterocycles. The first-order valence-electron chi connectivity index (χ1n) is 5.05. The molecule has 0 heterocycles. The van der Waals surface area contributed by atoms with E-state index in [0.29, 0.717) is 18.4 Å². The van der Waals surface area contributed by atoms with E-state index in [1.165, 1.54) is 6.07 Å². The lowest BCUT2D eigenvalue weighted by Crippen LogP contribution is -2.28. The molecule has 0 amide bonds. The summed E-state index contributed by atoms with van der Waals surface area (Å²) in [6, 6.07) is 4.70. The fraction of sp³-hybridized carbons (Fsp3) is 0.333. The zero-order chi connectivity index (χ0) is 12.9. The van der Waals surface area contributed by atoms with Gasteiger partial charge >= 0.3 is 6.18 Å². The van der Waals surface area contributed by atoms with E-state index in [-0.39, 0.29) is 6.04 Å². The average molecular weight is 242 g/mol. The zero-order valence-corrected chi connectivity index (χ0v) is 9.09. The van der Waals surface area contributed by atoms with E-state index in [1.54, 1.807) is 6.07 Å². The molecule has 1 atom stereocenters. The average Bonchev–Trinajstić information content (AvgIpc) is 2.29. The maximum Gasteiger partial charge on any atom is 0.416 e. The second-order valence-electron chi connectivity index (χ2n) is 3.59. The van der Waals surface area contributed by atoms with E-state index in [9.17, 15) is 13.2 Å². The van der Waals surface area contributed by atoms with Gasteiger partial charge in [0.25, 0.3) is 0 Å². The van der Waals surface area contributed by atoms with E-state index >= 15 is 0 Å². The van der Waals surface area contributed by atoms with Gasteiger partial charge < -0.3 is 0 Å². The van der Waals surface area contributed by atoms with Crippen LogP contribution in [0, 0.1) is 12.3 Å². The summed E-state index contributed by atoms with van der Waals surface area (Å²) in [5.41, 5.74) is 2.27. The monoisotopic (exact) mass is 242 g/mol. The molecule has 0 saturated carbocycles. The van der Waals surface area contributed by atoms with E-state index in [0.717, 1.165) is 12.1 Å². The fourth-order valence-electron chi connectivity index (χ4n) is 1.51. The van der Waals surface area contributed by atoms with Gasteiger partial charge in [-0.25, -0.2) is 0 Å². The van der Waals surface area contributed by atoms with Gasteiger partial charge in [0.05, 0.1) is 5.56 Å². The molecule has 0 spiro atoms. The topological polar surface area (TPSA) is 38.0 Å². The van der Waals surface area contributed by atoms with Crippen LogP contribution in [0.25, 0.3) is 0 Å². The minimum absolute atomic E-state index is 0.367. The highest BCUT2D eigenvalue weighted by molar-refractivity contribution is 5.28. The lowest BCUT2D eigenvalue weighted by atomic mass is 10.0.